The fourth-order valence-electron chi connectivity index (χ4n) is 3.94. The molecule has 0 aliphatic carbocycles. The van der Waals surface area contributed by atoms with Crippen LogP contribution in [0.25, 0.3) is 5.65 Å². The lowest BCUT2D eigenvalue weighted by Gasteiger charge is -2.34. The average molecular weight is 454 g/mol. The van der Waals surface area contributed by atoms with Gasteiger partial charge in [-0.05, 0) is 30.4 Å². The standard InChI is InChI=1S/C20H19ClF3N5O2/c1-31-19(30)14-5-3-2-4-13(14)12-6-8-28(9-7-12)15-11-25-29-16(10-20(22,23)24)26-27-18(29)17(15)21/h2-5,11-12H,6-10H2,1H3. The second-order valence-electron chi connectivity index (χ2n) is 7.33. The molecule has 1 aromatic carbocycles. The third kappa shape index (κ3) is 4.30. The largest absolute Gasteiger partial charge is 0.465 e. The maximum Gasteiger partial charge on any atom is 0.396 e. The van der Waals surface area contributed by atoms with Gasteiger partial charge in [0.15, 0.2) is 11.5 Å². The SMILES string of the molecule is COC(=O)c1ccccc1C1CCN(c2cnn3c(CC(F)(F)F)nnc3c2Cl)CC1. The minimum absolute atomic E-state index is 0.0941. The number of carbonyl (C=O) groups is 1. The number of aromatic nitrogens is 4. The van der Waals surface area contributed by atoms with Gasteiger partial charge >= 0.3 is 12.1 Å². The lowest BCUT2D eigenvalue weighted by Crippen LogP contribution is -2.33. The van der Waals surface area contributed by atoms with E-state index in [1.54, 1.807) is 12.1 Å². The molecular formula is C20H19ClF3N5O2. The molecule has 0 N–H and O–H groups in total. The Morgan fingerprint density at radius 1 is 1.23 bits per heavy atom. The van der Waals surface area contributed by atoms with E-state index in [-0.39, 0.29) is 28.4 Å². The number of alkyl halides is 3. The van der Waals surface area contributed by atoms with Crippen molar-refractivity contribution in [2.24, 2.45) is 0 Å². The molecule has 0 unspecified atom stereocenters. The van der Waals surface area contributed by atoms with Crippen molar-refractivity contribution in [2.45, 2.75) is 31.4 Å². The topological polar surface area (TPSA) is 72.6 Å². The molecule has 1 aliphatic heterocycles. The van der Waals surface area contributed by atoms with Gasteiger partial charge in [0.25, 0.3) is 0 Å². The van der Waals surface area contributed by atoms with Crippen LogP contribution in [0.4, 0.5) is 18.9 Å². The van der Waals surface area contributed by atoms with Crippen LogP contribution in [0.15, 0.2) is 30.5 Å². The number of carbonyl (C=O) groups excluding carboxylic acids is 1. The zero-order chi connectivity index (χ0) is 22.2. The minimum atomic E-state index is -4.42. The molecule has 0 radical (unpaired) electrons. The summed E-state index contributed by atoms with van der Waals surface area (Å²) >= 11 is 6.45. The van der Waals surface area contributed by atoms with Crippen molar-refractivity contribution in [1.82, 2.24) is 19.8 Å². The van der Waals surface area contributed by atoms with Gasteiger partial charge in [0, 0.05) is 13.1 Å². The van der Waals surface area contributed by atoms with E-state index in [0.29, 0.717) is 24.3 Å². The number of hydrogen-bond acceptors (Lipinski definition) is 6. The van der Waals surface area contributed by atoms with Crippen molar-refractivity contribution < 1.29 is 22.7 Å². The van der Waals surface area contributed by atoms with E-state index in [1.165, 1.54) is 13.3 Å². The van der Waals surface area contributed by atoms with Gasteiger partial charge in [0.2, 0.25) is 0 Å². The summed E-state index contributed by atoms with van der Waals surface area (Å²) in [5.74, 6) is -0.500. The predicted molar refractivity (Wildman–Crippen MR) is 108 cm³/mol. The van der Waals surface area contributed by atoms with Crippen molar-refractivity contribution in [3.63, 3.8) is 0 Å². The molecule has 4 rings (SSSR count). The zero-order valence-electron chi connectivity index (χ0n) is 16.6. The molecule has 2 aromatic heterocycles. The summed E-state index contributed by atoms with van der Waals surface area (Å²) in [5, 5.41) is 11.7. The summed E-state index contributed by atoms with van der Waals surface area (Å²) in [5.41, 5.74) is 2.20. The quantitative estimate of drug-likeness (QED) is 0.555. The number of anilines is 1. The first-order chi connectivity index (χ1) is 14.8. The molecule has 1 aliphatic rings. The number of piperidine rings is 1. The molecule has 0 atom stereocenters. The third-order valence-corrected chi connectivity index (χ3v) is 5.78. The zero-order valence-corrected chi connectivity index (χ0v) is 17.3. The van der Waals surface area contributed by atoms with E-state index < -0.39 is 12.6 Å². The molecule has 0 saturated carbocycles. The first kappa shape index (κ1) is 21.4. The van der Waals surface area contributed by atoms with E-state index in [1.807, 2.05) is 17.0 Å². The Kier molecular flexibility index (Phi) is 5.74. The number of hydrogen-bond donors (Lipinski definition) is 0. The van der Waals surface area contributed by atoms with Crippen molar-refractivity contribution in [1.29, 1.82) is 0 Å². The maximum atomic E-state index is 12.7. The van der Waals surface area contributed by atoms with Gasteiger partial charge in [-0.15, -0.1) is 10.2 Å². The molecule has 3 heterocycles. The summed E-state index contributed by atoms with van der Waals surface area (Å²) < 4.78 is 44.1. The van der Waals surface area contributed by atoms with E-state index in [2.05, 4.69) is 15.3 Å². The van der Waals surface area contributed by atoms with Gasteiger partial charge < -0.3 is 9.64 Å². The molecule has 0 bridgehead atoms. The summed E-state index contributed by atoms with van der Waals surface area (Å²) in [6.07, 6.45) is -2.68. The molecule has 0 amide bonds. The number of rotatable bonds is 4. The fourth-order valence-corrected chi connectivity index (χ4v) is 4.23. The maximum absolute atomic E-state index is 12.7. The van der Waals surface area contributed by atoms with Crippen LogP contribution in [0.5, 0.6) is 0 Å². The summed E-state index contributed by atoms with van der Waals surface area (Å²) in [6, 6.07) is 7.39. The third-order valence-electron chi connectivity index (χ3n) is 5.42. The lowest BCUT2D eigenvalue weighted by atomic mass is 9.86. The van der Waals surface area contributed by atoms with Crippen LogP contribution in [0.2, 0.25) is 5.02 Å². The van der Waals surface area contributed by atoms with E-state index >= 15 is 0 Å². The van der Waals surface area contributed by atoms with Crippen molar-refractivity contribution >= 4 is 28.9 Å². The first-order valence-electron chi connectivity index (χ1n) is 9.66. The van der Waals surface area contributed by atoms with Gasteiger partial charge in [-0.3, -0.25) is 0 Å². The van der Waals surface area contributed by atoms with Gasteiger partial charge in [-0.25, -0.2) is 4.79 Å². The average Bonchev–Trinajstić information content (AvgIpc) is 3.15. The Hall–Kier alpha value is -2.88. The highest BCUT2D eigenvalue weighted by molar-refractivity contribution is 6.36. The second-order valence-corrected chi connectivity index (χ2v) is 7.71. The number of esters is 1. The summed E-state index contributed by atoms with van der Waals surface area (Å²) in [4.78, 5) is 14.1. The number of ether oxygens (including phenoxy) is 1. The first-order valence-corrected chi connectivity index (χ1v) is 10.0. The number of benzene rings is 1. The van der Waals surface area contributed by atoms with Gasteiger partial charge in [0.1, 0.15) is 11.4 Å². The Morgan fingerprint density at radius 2 is 1.94 bits per heavy atom. The van der Waals surface area contributed by atoms with Gasteiger partial charge in [0.05, 0.1) is 24.6 Å². The summed E-state index contributed by atoms with van der Waals surface area (Å²) in [7, 11) is 1.36. The molecule has 7 nitrogen and oxygen atoms in total. The van der Waals surface area contributed by atoms with Crippen LogP contribution in [0.1, 0.15) is 40.5 Å². The molecule has 1 saturated heterocycles. The number of fused-ring (bicyclic) bond motifs is 1. The van der Waals surface area contributed by atoms with E-state index in [9.17, 15) is 18.0 Å². The van der Waals surface area contributed by atoms with Crippen LogP contribution in [0, 0.1) is 0 Å². The van der Waals surface area contributed by atoms with Crippen LogP contribution in [-0.4, -0.2) is 52.2 Å². The highest BCUT2D eigenvalue weighted by Gasteiger charge is 2.32. The summed E-state index contributed by atoms with van der Waals surface area (Å²) in [6.45, 7) is 1.28. The van der Waals surface area contributed by atoms with Crippen LogP contribution >= 0.6 is 11.6 Å². The lowest BCUT2D eigenvalue weighted by molar-refractivity contribution is -0.128. The Labute approximate surface area is 180 Å². The van der Waals surface area contributed by atoms with Crippen molar-refractivity contribution in [3.8, 4) is 0 Å². The smallest absolute Gasteiger partial charge is 0.396 e. The molecule has 0 spiro atoms. The van der Waals surface area contributed by atoms with Crippen LogP contribution in [-0.2, 0) is 11.2 Å². The van der Waals surface area contributed by atoms with Crippen LogP contribution < -0.4 is 4.90 Å². The number of halogens is 4. The Morgan fingerprint density at radius 3 is 2.61 bits per heavy atom. The number of nitrogens with zero attached hydrogens (tertiary/aromatic N) is 5. The molecule has 11 heteroatoms. The van der Waals surface area contributed by atoms with E-state index in [4.69, 9.17) is 16.3 Å². The van der Waals surface area contributed by atoms with Crippen molar-refractivity contribution in [2.75, 3.05) is 25.1 Å². The molecule has 31 heavy (non-hydrogen) atoms. The van der Waals surface area contributed by atoms with Crippen LogP contribution in [0.3, 0.4) is 0 Å². The van der Waals surface area contributed by atoms with E-state index in [0.717, 1.165) is 22.9 Å². The Bertz CT molecular complexity index is 1110. The minimum Gasteiger partial charge on any atom is -0.465 e. The molecule has 164 valence electrons. The predicted octanol–water partition coefficient (Wildman–Crippen LogP) is 4.05. The number of methoxy groups -OCH3 is 1. The normalized spacial score (nSPS) is 15.5. The van der Waals surface area contributed by atoms with Gasteiger partial charge in [-0.2, -0.15) is 22.8 Å². The monoisotopic (exact) mass is 453 g/mol. The highest BCUT2D eigenvalue weighted by Crippen LogP contribution is 2.36. The Balaban J connectivity index is 1.53. The van der Waals surface area contributed by atoms with Crippen molar-refractivity contribution in [3.05, 3.63) is 52.4 Å². The molecule has 1 fully saturated rings. The fraction of sp³-hybridized carbons (Fsp3) is 0.400. The molecular weight excluding hydrogens is 435 g/mol. The second kappa shape index (κ2) is 8.33. The van der Waals surface area contributed by atoms with Gasteiger partial charge in [-0.1, -0.05) is 29.8 Å². The highest BCUT2D eigenvalue weighted by atomic mass is 35.5. The molecule has 3 aromatic rings.